The lowest BCUT2D eigenvalue weighted by Gasteiger charge is -2.09. The predicted molar refractivity (Wildman–Crippen MR) is 60.8 cm³/mol. The van der Waals surface area contributed by atoms with Crippen LogP contribution >= 0.6 is 0 Å². The fraction of sp³-hybridized carbons (Fsp3) is 0.333. The van der Waals surface area contributed by atoms with E-state index in [1.54, 1.807) is 6.92 Å². The fourth-order valence-electron chi connectivity index (χ4n) is 1.37. The number of carboxylic acid groups (broad SMARTS) is 1. The minimum atomic E-state index is -1.08. The second kappa shape index (κ2) is 6.00. The zero-order valence-corrected chi connectivity index (χ0v) is 9.73. The molecule has 0 heterocycles. The van der Waals surface area contributed by atoms with Crippen molar-refractivity contribution in [1.29, 1.82) is 0 Å². The molecular formula is C12H14O5. The van der Waals surface area contributed by atoms with Gasteiger partial charge in [0.05, 0.1) is 17.7 Å². The molecule has 0 aliphatic carbocycles. The summed E-state index contributed by atoms with van der Waals surface area (Å²) in [6.07, 6.45) is 0. The van der Waals surface area contributed by atoms with Gasteiger partial charge in [0.1, 0.15) is 12.4 Å². The molecule has 17 heavy (non-hydrogen) atoms. The van der Waals surface area contributed by atoms with Crippen LogP contribution in [0.4, 0.5) is 0 Å². The highest BCUT2D eigenvalue weighted by Crippen LogP contribution is 2.21. The topological polar surface area (TPSA) is 72.8 Å². The van der Waals surface area contributed by atoms with E-state index < -0.39 is 5.97 Å². The van der Waals surface area contributed by atoms with Gasteiger partial charge in [0.2, 0.25) is 0 Å². The van der Waals surface area contributed by atoms with Crippen molar-refractivity contribution < 1.29 is 24.2 Å². The molecule has 0 radical (unpaired) electrons. The molecule has 0 aromatic heterocycles. The SMILES string of the molecule is CCOc1ccc(C(=O)O)cc1C(=O)COC. The van der Waals surface area contributed by atoms with Crippen LogP contribution in [0.2, 0.25) is 0 Å². The van der Waals surface area contributed by atoms with Crippen molar-refractivity contribution in [3.63, 3.8) is 0 Å². The molecule has 5 nitrogen and oxygen atoms in total. The smallest absolute Gasteiger partial charge is 0.335 e. The highest BCUT2D eigenvalue weighted by atomic mass is 16.5. The maximum Gasteiger partial charge on any atom is 0.335 e. The molecule has 0 fully saturated rings. The van der Waals surface area contributed by atoms with Crippen LogP contribution in [0.1, 0.15) is 27.6 Å². The van der Waals surface area contributed by atoms with Crippen molar-refractivity contribution in [3.05, 3.63) is 29.3 Å². The molecule has 0 amide bonds. The van der Waals surface area contributed by atoms with Crippen LogP contribution in [-0.2, 0) is 4.74 Å². The van der Waals surface area contributed by atoms with Crippen LogP contribution in [0.25, 0.3) is 0 Å². The standard InChI is InChI=1S/C12H14O5/c1-3-17-11-5-4-8(12(14)15)6-9(11)10(13)7-16-2/h4-6H,3,7H2,1-2H3,(H,14,15). The highest BCUT2D eigenvalue weighted by molar-refractivity contribution is 6.01. The van der Waals surface area contributed by atoms with E-state index in [2.05, 4.69) is 0 Å². The monoisotopic (exact) mass is 238 g/mol. The molecular weight excluding hydrogens is 224 g/mol. The number of ketones is 1. The van der Waals surface area contributed by atoms with Crippen molar-refractivity contribution in [3.8, 4) is 5.75 Å². The van der Waals surface area contributed by atoms with Gasteiger partial charge in [-0.25, -0.2) is 4.79 Å². The Bertz CT molecular complexity index is 425. The number of carboxylic acids is 1. The van der Waals surface area contributed by atoms with Gasteiger partial charge in [-0.1, -0.05) is 0 Å². The molecule has 0 saturated heterocycles. The Kier molecular flexibility index (Phi) is 4.66. The predicted octanol–water partition coefficient (Wildman–Crippen LogP) is 1.61. The number of carbonyl (C=O) groups excluding carboxylic acids is 1. The lowest BCUT2D eigenvalue weighted by molar-refractivity contribution is 0.0697. The zero-order chi connectivity index (χ0) is 12.8. The fourth-order valence-corrected chi connectivity index (χ4v) is 1.37. The van der Waals surface area contributed by atoms with Crippen LogP contribution in [0.15, 0.2) is 18.2 Å². The molecule has 0 aliphatic heterocycles. The van der Waals surface area contributed by atoms with Crippen LogP contribution in [0.5, 0.6) is 5.75 Å². The number of ether oxygens (including phenoxy) is 2. The molecule has 0 atom stereocenters. The number of Topliss-reactive ketones (excluding diaryl/α,β-unsaturated/α-hetero) is 1. The zero-order valence-electron chi connectivity index (χ0n) is 9.73. The highest BCUT2D eigenvalue weighted by Gasteiger charge is 2.15. The van der Waals surface area contributed by atoms with Crippen molar-refractivity contribution in [2.75, 3.05) is 20.3 Å². The molecule has 0 aliphatic rings. The van der Waals surface area contributed by atoms with Crippen molar-refractivity contribution >= 4 is 11.8 Å². The van der Waals surface area contributed by atoms with Gasteiger partial charge in [0, 0.05) is 7.11 Å². The summed E-state index contributed by atoms with van der Waals surface area (Å²) < 4.78 is 10.0. The first-order chi connectivity index (χ1) is 8.10. The van der Waals surface area contributed by atoms with E-state index in [0.29, 0.717) is 12.4 Å². The summed E-state index contributed by atoms with van der Waals surface area (Å²) in [6.45, 7) is 2.08. The van der Waals surface area contributed by atoms with Crippen molar-refractivity contribution in [2.45, 2.75) is 6.92 Å². The lowest BCUT2D eigenvalue weighted by atomic mass is 10.1. The molecule has 5 heteroatoms. The number of rotatable bonds is 6. The van der Waals surface area contributed by atoms with Gasteiger partial charge in [0.25, 0.3) is 0 Å². The number of benzene rings is 1. The average Bonchev–Trinajstić information content (AvgIpc) is 2.30. The number of hydrogen-bond donors (Lipinski definition) is 1. The minimum Gasteiger partial charge on any atom is -0.493 e. The summed E-state index contributed by atoms with van der Waals surface area (Å²) in [5, 5.41) is 8.86. The molecule has 0 bridgehead atoms. The van der Waals surface area contributed by atoms with Gasteiger partial charge in [0.15, 0.2) is 5.78 Å². The number of carbonyl (C=O) groups is 2. The summed E-state index contributed by atoms with van der Waals surface area (Å²) in [5.41, 5.74) is 0.279. The van der Waals surface area contributed by atoms with Gasteiger partial charge >= 0.3 is 5.97 Å². The summed E-state index contributed by atoms with van der Waals surface area (Å²) in [6, 6.07) is 4.18. The molecule has 1 aromatic rings. The van der Waals surface area contributed by atoms with Gasteiger partial charge in [-0.05, 0) is 25.1 Å². The van der Waals surface area contributed by atoms with Crippen LogP contribution < -0.4 is 4.74 Å². The Morgan fingerprint density at radius 2 is 2.06 bits per heavy atom. The maximum atomic E-state index is 11.7. The minimum absolute atomic E-state index is 0.0490. The third-order valence-electron chi connectivity index (χ3n) is 2.10. The maximum absolute atomic E-state index is 11.7. The van der Waals surface area contributed by atoms with E-state index >= 15 is 0 Å². The lowest BCUT2D eigenvalue weighted by Crippen LogP contribution is -2.11. The Balaban J connectivity index is 3.15. The Hall–Kier alpha value is -1.88. The van der Waals surface area contributed by atoms with E-state index in [9.17, 15) is 9.59 Å². The molecule has 92 valence electrons. The van der Waals surface area contributed by atoms with Crippen molar-refractivity contribution in [1.82, 2.24) is 0 Å². The summed E-state index contributed by atoms with van der Waals surface area (Å²) >= 11 is 0. The third kappa shape index (κ3) is 3.29. The van der Waals surface area contributed by atoms with E-state index in [1.807, 2.05) is 0 Å². The summed E-state index contributed by atoms with van der Waals surface area (Å²) in [5.74, 6) is -1.02. The quantitative estimate of drug-likeness (QED) is 0.762. The molecule has 0 saturated carbocycles. The third-order valence-corrected chi connectivity index (χ3v) is 2.10. The van der Waals surface area contributed by atoms with E-state index in [-0.39, 0.29) is 23.5 Å². The van der Waals surface area contributed by atoms with Crippen LogP contribution in [0.3, 0.4) is 0 Å². The normalized spacial score (nSPS) is 10.0. The summed E-state index contributed by atoms with van der Waals surface area (Å²) in [7, 11) is 1.40. The van der Waals surface area contributed by atoms with E-state index in [1.165, 1.54) is 25.3 Å². The van der Waals surface area contributed by atoms with E-state index in [4.69, 9.17) is 14.6 Å². The molecule has 1 N–H and O–H groups in total. The number of aromatic carboxylic acids is 1. The Morgan fingerprint density at radius 1 is 1.35 bits per heavy atom. The van der Waals surface area contributed by atoms with Crippen molar-refractivity contribution in [2.24, 2.45) is 0 Å². The van der Waals surface area contributed by atoms with Gasteiger partial charge in [-0.2, -0.15) is 0 Å². The molecule has 1 rings (SSSR count). The van der Waals surface area contributed by atoms with Gasteiger partial charge in [-0.3, -0.25) is 4.79 Å². The van der Waals surface area contributed by atoms with Gasteiger partial charge in [-0.15, -0.1) is 0 Å². The number of methoxy groups -OCH3 is 1. The Labute approximate surface area is 99.0 Å². The molecule has 0 spiro atoms. The van der Waals surface area contributed by atoms with Crippen LogP contribution in [0, 0.1) is 0 Å². The van der Waals surface area contributed by atoms with Gasteiger partial charge < -0.3 is 14.6 Å². The average molecular weight is 238 g/mol. The second-order valence-electron chi connectivity index (χ2n) is 3.31. The summed E-state index contributed by atoms with van der Waals surface area (Å²) in [4.78, 5) is 22.5. The first-order valence-corrected chi connectivity index (χ1v) is 5.12. The van der Waals surface area contributed by atoms with E-state index in [0.717, 1.165) is 0 Å². The van der Waals surface area contributed by atoms with Crippen LogP contribution in [-0.4, -0.2) is 37.2 Å². The number of hydrogen-bond acceptors (Lipinski definition) is 4. The first kappa shape index (κ1) is 13.2. The molecule has 1 aromatic carbocycles. The first-order valence-electron chi connectivity index (χ1n) is 5.12. The largest absolute Gasteiger partial charge is 0.493 e. The second-order valence-corrected chi connectivity index (χ2v) is 3.31. The molecule has 0 unspecified atom stereocenters. The Morgan fingerprint density at radius 3 is 2.59 bits per heavy atom.